The van der Waals surface area contributed by atoms with Crippen molar-refractivity contribution in [2.45, 2.75) is 38.5 Å². The molecule has 0 aromatic rings. The van der Waals surface area contributed by atoms with Crippen molar-refractivity contribution >= 4 is 23.6 Å². The molecule has 0 atom stereocenters. The van der Waals surface area contributed by atoms with E-state index < -0.39 is 11.4 Å². The minimum Gasteiger partial charge on any atom is -0.481 e. The first-order chi connectivity index (χ1) is 8.10. The van der Waals surface area contributed by atoms with E-state index in [0.29, 0.717) is 19.4 Å². The average Bonchev–Trinajstić information content (AvgIpc) is 2.30. The zero-order valence-corrected chi connectivity index (χ0v) is 11.1. The topological polar surface area (TPSA) is 66.4 Å². The van der Waals surface area contributed by atoms with Crippen LogP contribution in [0.2, 0.25) is 0 Å². The van der Waals surface area contributed by atoms with Crippen LogP contribution in [0.1, 0.15) is 38.5 Å². The van der Waals surface area contributed by atoms with Gasteiger partial charge in [-0.05, 0) is 19.1 Å². The van der Waals surface area contributed by atoms with Gasteiger partial charge >= 0.3 is 5.97 Å². The number of nitrogens with one attached hydrogen (secondary N) is 1. The molecule has 0 saturated heterocycles. The molecule has 0 aliphatic heterocycles. The van der Waals surface area contributed by atoms with Crippen molar-refractivity contribution in [3.8, 4) is 0 Å². The number of amides is 1. The molecule has 2 N–H and O–H groups in total. The molecule has 0 unspecified atom stereocenters. The van der Waals surface area contributed by atoms with E-state index in [9.17, 15) is 14.7 Å². The number of hydrogen-bond acceptors (Lipinski definition) is 3. The van der Waals surface area contributed by atoms with E-state index in [1.165, 1.54) is 0 Å². The van der Waals surface area contributed by atoms with Gasteiger partial charge in [-0.25, -0.2) is 0 Å². The largest absolute Gasteiger partial charge is 0.481 e. The van der Waals surface area contributed by atoms with Crippen LogP contribution in [0, 0.1) is 5.41 Å². The number of carbonyl (C=O) groups excluding carboxylic acids is 1. The first-order valence-electron chi connectivity index (χ1n) is 6.10. The van der Waals surface area contributed by atoms with Crippen LogP contribution >= 0.6 is 11.8 Å². The molecule has 17 heavy (non-hydrogen) atoms. The van der Waals surface area contributed by atoms with Gasteiger partial charge in [0.25, 0.3) is 0 Å². The zero-order valence-electron chi connectivity index (χ0n) is 10.3. The van der Waals surface area contributed by atoms with Crippen molar-refractivity contribution in [2.24, 2.45) is 5.41 Å². The second kappa shape index (κ2) is 6.89. The summed E-state index contributed by atoms with van der Waals surface area (Å²) < 4.78 is 0. The maximum absolute atomic E-state index is 11.7. The standard InChI is InChI=1S/C12H21NO3S/c1-17-8-7-13-10(14)9-12(11(15)16)5-3-2-4-6-12/h2-9H2,1H3,(H,13,14)(H,15,16). The first kappa shape index (κ1) is 14.4. The molecule has 0 spiro atoms. The van der Waals surface area contributed by atoms with Crippen molar-refractivity contribution in [3.63, 3.8) is 0 Å². The maximum atomic E-state index is 11.7. The smallest absolute Gasteiger partial charge is 0.310 e. The van der Waals surface area contributed by atoms with E-state index in [1.807, 2.05) is 6.26 Å². The molecule has 98 valence electrons. The van der Waals surface area contributed by atoms with Crippen LogP contribution in [-0.4, -0.2) is 35.5 Å². The Morgan fingerprint density at radius 2 is 1.94 bits per heavy atom. The van der Waals surface area contributed by atoms with Crippen LogP contribution in [0.4, 0.5) is 0 Å². The molecule has 0 radical (unpaired) electrons. The lowest BCUT2D eigenvalue weighted by Crippen LogP contribution is -2.39. The molecule has 0 heterocycles. The number of carbonyl (C=O) groups is 2. The number of carboxylic acid groups (broad SMARTS) is 1. The first-order valence-corrected chi connectivity index (χ1v) is 7.49. The molecule has 1 fully saturated rings. The molecule has 0 aromatic carbocycles. The molecule has 1 rings (SSSR count). The van der Waals surface area contributed by atoms with Gasteiger partial charge in [-0.15, -0.1) is 0 Å². The van der Waals surface area contributed by atoms with Gasteiger partial charge in [0.1, 0.15) is 0 Å². The Hall–Kier alpha value is -0.710. The Bertz CT molecular complexity index is 275. The summed E-state index contributed by atoms with van der Waals surface area (Å²) in [4.78, 5) is 23.1. The van der Waals surface area contributed by atoms with Gasteiger partial charge in [0.2, 0.25) is 5.91 Å². The lowest BCUT2D eigenvalue weighted by molar-refractivity contribution is -0.154. The molecule has 1 saturated carbocycles. The normalized spacial score (nSPS) is 18.6. The highest BCUT2D eigenvalue weighted by Crippen LogP contribution is 2.39. The molecule has 5 heteroatoms. The number of thioether (sulfide) groups is 1. The maximum Gasteiger partial charge on any atom is 0.310 e. The molecular formula is C12H21NO3S. The summed E-state index contributed by atoms with van der Waals surface area (Å²) in [5.74, 6) is -0.0632. The second-order valence-electron chi connectivity index (χ2n) is 4.67. The van der Waals surface area contributed by atoms with E-state index in [4.69, 9.17) is 0 Å². The molecular weight excluding hydrogens is 238 g/mol. The van der Waals surface area contributed by atoms with Gasteiger partial charge in [-0.1, -0.05) is 19.3 Å². The van der Waals surface area contributed by atoms with Crippen molar-refractivity contribution in [1.82, 2.24) is 5.32 Å². The van der Waals surface area contributed by atoms with Crippen molar-refractivity contribution in [3.05, 3.63) is 0 Å². The number of rotatable bonds is 6. The summed E-state index contributed by atoms with van der Waals surface area (Å²) in [5.41, 5.74) is -0.804. The lowest BCUT2D eigenvalue weighted by Gasteiger charge is -2.32. The molecule has 0 aromatic heterocycles. The summed E-state index contributed by atoms with van der Waals surface area (Å²) in [7, 11) is 0. The fraction of sp³-hybridized carbons (Fsp3) is 0.833. The van der Waals surface area contributed by atoms with Gasteiger partial charge in [0.15, 0.2) is 0 Å². The van der Waals surface area contributed by atoms with Crippen molar-refractivity contribution < 1.29 is 14.7 Å². The number of aliphatic carboxylic acids is 1. The zero-order chi connectivity index (χ0) is 12.7. The van der Waals surface area contributed by atoms with Gasteiger partial charge in [-0.2, -0.15) is 11.8 Å². The third-order valence-corrected chi connectivity index (χ3v) is 4.00. The Balaban J connectivity index is 2.48. The fourth-order valence-corrected chi connectivity index (χ4v) is 2.66. The predicted molar refractivity (Wildman–Crippen MR) is 69.2 cm³/mol. The summed E-state index contributed by atoms with van der Waals surface area (Å²) in [5, 5.41) is 12.1. The van der Waals surface area contributed by atoms with Crippen LogP contribution in [0.25, 0.3) is 0 Å². The van der Waals surface area contributed by atoms with Gasteiger partial charge in [0, 0.05) is 18.7 Å². The molecule has 4 nitrogen and oxygen atoms in total. The SMILES string of the molecule is CSCCNC(=O)CC1(C(=O)O)CCCCC1. The van der Waals surface area contributed by atoms with Crippen molar-refractivity contribution in [1.29, 1.82) is 0 Å². The van der Waals surface area contributed by atoms with Crippen LogP contribution < -0.4 is 5.32 Å². The highest BCUT2D eigenvalue weighted by Gasteiger charge is 2.41. The lowest BCUT2D eigenvalue weighted by atomic mass is 9.71. The summed E-state index contributed by atoms with van der Waals surface area (Å²) in [6.07, 6.45) is 6.32. The van der Waals surface area contributed by atoms with Crippen molar-refractivity contribution in [2.75, 3.05) is 18.6 Å². The highest BCUT2D eigenvalue weighted by atomic mass is 32.2. The minimum atomic E-state index is -0.808. The highest BCUT2D eigenvalue weighted by molar-refractivity contribution is 7.98. The van der Waals surface area contributed by atoms with E-state index in [1.54, 1.807) is 11.8 Å². The number of hydrogen-bond donors (Lipinski definition) is 2. The van der Waals surface area contributed by atoms with Crippen LogP contribution in [0.5, 0.6) is 0 Å². The monoisotopic (exact) mass is 259 g/mol. The van der Waals surface area contributed by atoms with Crippen LogP contribution in [0.3, 0.4) is 0 Å². The fourth-order valence-electron chi connectivity index (χ4n) is 2.36. The second-order valence-corrected chi connectivity index (χ2v) is 5.65. The third-order valence-electron chi connectivity index (χ3n) is 3.39. The Labute approximate surface area is 107 Å². The number of carboxylic acids is 1. The van der Waals surface area contributed by atoms with E-state index in [-0.39, 0.29) is 12.3 Å². The van der Waals surface area contributed by atoms with Crippen LogP contribution in [-0.2, 0) is 9.59 Å². The third kappa shape index (κ3) is 4.22. The molecule has 1 amide bonds. The quantitative estimate of drug-likeness (QED) is 0.715. The average molecular weight is 259 g/mol. The molecule has 1 aliphatic carbocycles. The van der Waals surface area contributed by atoms with Gasteiger partial charge < -0.3 is 10.4 Å². The summed E-state index contributed by atoms with van der Waals surface area (Å²) in [6.45, 7) is 0.621. The Morgan fingerprint density at radius 3 is 2.47 bits per heavy atom. The predicted octanol–water partition coefficient (Wildman–Crippen LogP) is 1.89. The molecule has 0 bridgehead atoms. The minimum absolute atomic E-state index is 0.122. The van der Waals surface area contributed by atoms with Gasteiger partial charge in [-0.3, -0.25) is 9.59 Å². The summed E-state index contributed by atoms with van der Waals surface area (Å²) in [6, 6.07) is 0. The molecule has 1 aliphatic rings. The van der Waals surface area contributed by atoms with E-state index in [0.717, 1.165) is 25.0 Å². The van der Waals surface area contributed by atoms with E-state index in [2.05, 4.69) is 5.32 Å². The van der Waals surface area contributed by atoms with Crippen LogP contribution in [0.15, 0.2) is 0 Å². The Kier molecular flexibility index (Phi) is 5.82. The van der Waals surface area contributed by atoms with Gasteiger partial charge in [0.05, 0.1) is 5.41 Å². The Morgan fingerprint density at radius 1 is 1.29 bits per heavy atom. The summed E-state index contributed by atoms with van der Waals surface area (Å²) >= 11 is 1.66. The van der Waals surface area contributed by atoms with E-state index >= 15 is 0 Å².